The second-order valence-corrected chi connectivity index (χ2v) is 20.3. The molecule has 10 rings (SSSR count). The van der Waals surface area contributed by atoms with E-state index in [0.717, 1.165) is 30.5 Å². The Labute approximate surface area is 447 Å². The molecule has 5 aliphatic rings. The molecular formula is C60H63N5O12. The Hall–Kier alpha value is -7.86. The van der Waals surface area contributed by atoms with Crippen LogP contribution in [0.2, 0.25) is 0 Å². The largest absolute Gasteiger partial charge is 0.491 e. The molecule has 17 heteroatoms. The molecule has 5 aliphatic heterocycles. The number of carbonyl (C=O) groups excluding carboxylic acids is 6. The number of fused-ring (bicyclic) bond motifs is 4. The van der Waals surface area contributed by atoms with Gasteiger partial charge in [-0.1, -0.05) is 116 Å². The molecule has 0 unspecified atom stereocenters. The van der Waals surface area contributed by atoms with Crippen LogP contribution in [-0.2, 0) is 48.4 Å². The topological polar surface area (TPSA) is 203 Å². The minimum Gasteiger partial charge on any atom is -0.491 e. The second kappa shape index (κ2) is 22.8. The van der Waals surface area contributed by atoms with Crippen molar-refractivity contribution in [2.24, 2.45) is 11.8 Å². The summed E-state index contributed by atoms with van der Waals surface area (Å²) in [6.07, 6.45) is 2.65. The summed E-state index contributed by atoms with van der Waals surface area (Å²) < 4.78 is 30.1. The van der Waals surface area contributed by atoms with Gasteiger partial charge < -0.3 is 49.2 Å². The first kappa shape index (κ1) is 52.6. The Balaban J connectivity index is 0.930. The van der Waals surface area contributed by atoms with Crippen molar-refractivity contribution in [1.82, 2.24) is 20.0 Å². The number of amides is 3. The summed E-state index contributed by atoms with van der Waals surface area (Å²) in [5.41, 5.74) is 2.06. The number of hydrogen-bond acceptors (Lipinski definition) is 14. The van der Waals surface area contributed by atoms with Crippen molar-refractivity contribution < 1.29 is 57.6 Å². The molecule has 0 saturated carbocycles. The average Bonchev–Trinajstić information content (AvgIpc) is 3.75. The molecule has 0 aromatic heterocycles. The van der Waals surface area contributed by atoms with Gasteiger partial charge in [0.25, 0.3) is 0 Å². The molecule has 3 N–H and O–H groups in total. The number of unbranched alkanes of at least 4 members (excludes halogenated alkanes) is 1. The van der Waals surface area contributed by atoms with Crippen LogP contribution in [0.15, 0.2) is 146 Å². The number of carbonyl (C=O) groups is 6. The van der Waals surface area contributed by atoms with Crippen LogP contribution >= 0.6 is 0 Å². The van der Waals surface area contributed by atoms with Crippen molar-refractivity contribution in [2.45, 2.75) is 73.5 Å². The number of cyclic esters (lactones) is 1. The molecule has 0 aliphatic carbocycles. The summed E-state index contributed by atoms with van der Waals surface area (Å²) in [4.78, 5) is 92.6. The highest BCUT2D eigenvalue weighted by Crippen LogP contribution is 2.65. The fourth-order valence-electron chi connectivity index (χ4n) is 12.3. The Morgan fingerprint density at radius 1 is 0.753 bits per heavy atom. The summed E-state index contributed by atoms with van der Waals surface area (Å²) in [7, 11) is 3.96. The van der Waals surface area contributed by atoms with Crippen molar-refractivity contribution in [1.29, 1.82) is 0 Å². The number of esters is 3. The van der Waals surface area contributed by atoms with Crippen molar-refractivity contribution in [2.75, 3.05) is 59.0 Å². The molecule has 400 valence electrons. The van der Waals surface area contributed by atoms with E-state index in [9.17, 15) is 29.1 Å². The van der Waals surface area contributed by atoms with Gasteiger partial charge in [0, 0.05) is 5.69 Å². The third-order valence-electron chi connectivity index (χ3n) is 15.5. The van der Waals surface area contributed by atoms with Crippen LogP contribution in [0.1, 0.15) is 77.7 Å². The number of morpholine rings is 1. The number of benzene rings is 5. The summed E-state index contributed by atoms with van der Waals surface area (Å²) in [5.74, 6) is -4.52. The smallest absolute Gasteiger partial charge is 0.325 e. The fraction of sp³-hybridized carbons (Fsp3) is 0.367. The van der Waals surface area contributed by atoms with Crippen LogP contribution in [0.25, 0.3) is 0 Å². The van der Waals surface area contributed by atoms with Gasteiger partial charge in [-0.15, -0.1) is 0 Å². The normalized spacial score (nSPS) is 26.3. The lowest BCUT2D eigenvalue weighted by Crippen LogP contribution is -2.61. The van der Waals surface area contributed by atoms with E-state index in [0.29, 0.717) is 40.3 Å². The van der Waals surface area contributed by atoms with Gasteiger partial charge >= 0.3 is 17.9 Å². The first-order valence-corrected chi connectivity index (χ1v) is 26.2. The number of aliphatic hydroxyl groups is 1. The van der Waals surface area contributed by atoms with Crippen LogP contribution in [0.3, 0.4) is 0 Å². The van der Waals surface area contributed by atoms with Gasteiger partial charge in [-0.05, 0) is 104 Å². The maximum absolute atomic E-state index is 15.2. The predicted octanol–water partition coefficient (Wildman–Crippen LogP) is 6.17. The molecular weight excluding hydrogens is 983 g/mol. The average molecular weight is 1050 g/mol. The van der Waals surface area contributed by atoms with Crippen molar-refractivity contribution in [3.05, 3.63) is 174 Å². The number of hydrogen-bond donors (Lipinski definition) is 3. The van der Waals surface area contributed by atoms with Crippen LogP contribution in [0.5, 0.6) is 11.5 Å². The molecule has 3 amide bonds. The molecule has 17 nitrogen and oxygen atoms in total. The number of nitrogens with one attached hydrogen (secondary N) is 2. The zero-order valence-corrected chi connectivity index (χ0v) is 43.0. The summed E-state index contributed by atoms with van der Waals surface area (Å²) in [5, 5.41) is 15.4. The number of anilines is 1. The molecule has 5 aromatic carbocycles. The molecule has 1 spiro atoms. The lowest BCUT2D eigenvalue weighted by atomic mass is 9.65. The Bertz CT molecular complexity index is 2990. The highest BCUT2D eigenvalue weighted by Gasteiger charge is 2.74. The van der Waals surface area contributed by atoms with Gasteiger partial charge in [-0.3, -0.25) is 33.7 Å². The van der Waals surface area contributed by atoms with Gasteiger partial charge in [0.1, 0.15) is 73.5 Å². The predicted molar refractivity (Wildman–Crippen MR) is 282 cm³/mol. The first-order chi connectivity index (χ1) is 37.5. The zero-order valence-electron chi connectivity index (χ0n) is 43.0. The van der Waals surface area contributed by atoms with E-state index in [1.807, 2.05) is 97.9 Å². The van der Waals surface area contributed by atoms with E-state index < -0.39 is 83.4 Å². The van der Waals surface area contributed by atoms with Crippen molar-refractivity contribution >= 4 is 41.3 Å². The third kappa shape index (κ3) is 9.94. The lowest BCUT2D eigenvalue weighted by molar-refractivity contribution is -0.180. The highest BCUT2D eigenvalue weighted by molar-refractivity contribution is 6.11. The summed E-state index contributed by atoms with van der Waals surface area (Å²) >= 11 is 0. The van der Waals surface area contributed by atoms with Gasteiger partial charge in [-0.2, -0.15) is 0 Å². The number of nitrogens with zero attached hydrogens (tertiary/aromatic N) is 3. The molecule has 4 fully saturated rings. The Morgan fingerprint density at radius 3 is 2.18 bits per heavy atom. The number of rotatable bonds is 20. The molecule has 0 bridgehead atoms. The van der Waals surface area contributed by atoms with E-state index in [4.69, 9.17) is 23.7 Å². The minimum absolute atomic E-state index is 0.0449. The fourth-order valence-corrected chi connectivity index (χ4v) is 12.3. The van der Waals surface area contributed by atoms with Gasteiger partial charge in [-0.25, -0.2) is 0 Å². The number of para-hydroxylation sites is 1. The van der Waals surface area contributed by atoms with Crippen LogP contribution < -0.4 is 20.1 Å². The molecule has 4 saturated heterocycles. The van der Waals surface area contributed by atoms with E-state index >= 15 is 4.79 Å². The standard InChI is InChI=1S/C60H63N5O12/c1-4-31-75-57(70)48-51-58(71)77-52(38-18-9-6-10-19-38)50(37-16-7-5-8-17-37)65(51)53(60(48)44-22-11-12-23-45(44)62-59(60)72)39-25-27-41(28-26-39)74-33-34-76-56(69)43-36-47-54(67)61-46(24-13-14-29-63(2)3)55(68)64(47)49(43)40-20-15-21-42(35-40)73-32-30-66/h4-12,15-23,25-28,35,43,46-53,66H,1,13-14,24,29-34,36H2,2-3H3,(H,61,67)(H,62,72)/t43-,46+,47-,48+,49-,50+,51+,52-,53-,60+/m1/s1. The minimum atomic E-state index is -1.70. The number of aliphatic hydroxyl groups excluding tert-OH is 1. The molecule has 5 heterocycles. The SMILES string of the molecule is C=CCOC(=O)[C@@H]1[C@H]2C(=O)O[C@H](c3ccccc3)[C@H](c3ccccc3)N2[C@H](c2ccc(OCCOC(=O)[C@@H]3C[C@@H]4C(=O)N[C@@H](CCCCN(C)C)C(=O)N4[C@@H]3c3cccc(OCCO)c3)cc2)[C@@]12C(=O)Nc1ccccc12. The monoisotopic (exact) mass is 1050 g/mol. The quantitative estimate of drug-likeness (QED) is 0.0346. The number of piperazine rings is 1. The first-order valence-electron chi connectivity index (χ1n) is 26.2. The molecule has 77 heavy (non-hydrogen) atoms. The van der Waals surface area contributed by atoms with Crippen molar-refractivity contribution in [3.8, 4) is 11.5 Å². The van der Waals surface area contributed by atoms with Crippen LogP contribution in [-0.4, -0.2) is 127 Å². The maximum atomic E-state index is 15.2. The van der Waals surface area contributed by atoms with E-state index in [1.54, 1.807) is 54.6 Å². The molecule has 5 aromatic rings. The maximum Gasteiger partial charge on any atom is 0.325 e. The van der Waals surface area contributed by atoms with Crippen LogP contribution in [0.4, 0.5) is 5.69 Å². The van der Waals surface area contributed by atoms with E-state index in [-0.39, 0.29) is 51.3 Å². The van der Waals surface area contributed by atoms with E-state index in [1.165, 1.54) is 11.0 Å². The highest BCUT2D eigenvalue weighted by atomic mass is 16.6. The Morgan fingerprint density at radius 2 is 1.45 bits per heavy atom. The Kier molecular flexibility index (Phi) is 15.5. The van der Waals surface area contributed by atoms with Gasteiger partial charge in [0.05, 0.1) is 30.7 Å². The molecule has 0 radical (unpaired) electrons. The lowest BCUT2D eigenvalue weighted by Gasteiger charge is -2.46. The van der Waals surface area contributed by atoms with Gasteiger partial charge in [0.15, 0.2) is 0 Å². The zero-order chi connectivity index (χ0) is 53.8. The number of ether oxygens (including phenoxy) is 5. The molecule has 10 atom stereocenters. The third-order valence-corrected chi connectivity index (χ3v) is 15.5. The van der Waals surface area contributed by atoms with Crippen molar-refractivity contribution in [3.63, 3.8) is 0 Å². The van der Waals surface area contributed by atoms with Gasteiger partial charge in [0.2, 0.25) is 17.7 Å². The van der Waals surface area contributed by atoms with E-state index in [2.05, 4.69) is 22.1 Å². The summed E-state index contributed by atoms with van der Waals surface area (Å²) in [6, 6.07) is 34.8. The van der Waals surface area contributed by atoms with Crippen LogP contribution in [0, 0.1) is 11.8 Å². The second-order valence-electron chi connectivity index (χ2n) is 20.3. The summed E-state index contributed by atoms with van der Waals surface area (Å²) in [6.45, 7) is 4.03.